The lowest BCUT2D eigenvalue weighted by atomic mass is 10.2. The third-order valence-electron chi connectivity index (χ3n) is 2.88. The van der Waals surface area contributed by atoms with E-state index in [9.17, 15) is 9.59 Å². The fourth-order valence-electron chi connectivity index (χ4n) is 1.73. The van der Waals surface area contributed by atoms with E-state index < -0.39 is 0 Å². The van der Waals surface area contributed by atoms with Crippen molar-refractivity contribution in [1.82, 2.24) is 9.97 Å². The average molecular weight is 303 g/mol. The van der Waals surface area contributed by atoms with Gasteiger partial charge in [-0.3, -0.25) is 9.59 Å². The highest BCUT2D eigenvalue weighted by atomic mass is 32.2. The molecule has 1 heterocycles. The largest absolute Gasteiger partial charge is 0.325 e. The predicted octanol–water partition coefficient (Wildman–Crippen LogP) is 2.59. The SMILES string of the molecule is CCC(Sc1nccc(=O)[nH]1)C(=O)Nc1ccc(C)cc1. The molecule has 0 aliphatic heterocycles. The minimum atomic E-state index is -0.308. The highest BCUT2D eigenvalue weighted by Crippen LogP contribution is 2.22. The zero-order chi connectivity index (χ0) is 15.2. The molecule has 1 atom stereocenters. The normalized spacial score (nSPS) is 11.9. The van der Waals surface area contributed by atoms with Crippen molar-refractivity contribution in [3.8, 4) is 0 Å². The predicted molar refractivity (Wildman–Crippen MR) is 84.6 cm³/mol. The summed E-state index contributed by atoms with van der Waals surface area (Å²) in [4.78, 5) is 30.2. The lowest BCUT2D eigenvalue weighted by Gasteiger charge is -2.14. The fraction of sp³-hybridized carbons (Fsp3) is 0.267. The third kappa shape index (κ3) is 4.46. The van der Waals surface area contributed by atoms with Gasteiger partial charge in [-0.1, -0.05) is 36.4 Å². The van der Waals surface area contributed by atoms with Crippen LogP contribution >= 0.6 is 11.8 Å². The fourth-order valence-corrected chi connectivity index (χ4v) is 2.61. The van der Waals surface area contributed by atoms with Gasteiger partial charge in [0.05, 0.1) is 5.25 Å². The van der Waals surface area contributed by atoms with E-state index in [0.29, 0.717) is 11.6 Å². The molecule has 6 heteroatoms. The summed E-state index contributed by atoms with van der Waals surface area (Å²) in [6.45, 7) is 3.92. The summed E-state index contributed by atoms with van der Waals surface area (Å²) in [6.07, 6.45) is 2.08. The van der Waals surface area contributed by atoms with Gasteiger partial charge in [-0.25, -0.2) is 4.98 Å². The molecule has 2 aromatic rings. The van der Waals surface area contributed by atoms with Gasteiger partial charge in [-0.2, -0.15) is 0 Å². The van der Waals surface area contributed by atoms with Crippen LogP contribution in [0, 0.1) is 6.92 Å². The molecule has 0 saturated heterocycles. The van der Waals surface area contributed by atoms with Crippen LogP contribution in [0.3, 0.4) is 0 Å². The Labute approximate surface area is 127 Å². The molecule has 1 aromatic carbocycles. The summed E-state index contributed by atoms with van der Waals surface area (Å²) < 4.78 is 0. The summed E-state index contributed by atoms with van der Waals surface area (Å²) in [7, 11) is 0. The van der Waals surface area contributed by atoms with Crippen molar-refractivity contribution < 1.29 is 4.79 Å². The van der Waals surface area contributed by atoms with E-state index in [-0.39, 0.29) is 16.7 Å². The molecule has 2 N–H and O–H groups in total. The summed E-state index contributed by atoms with van der Waals surface area (Å²) in [5.41, 5.74) is 1.68. The molecule has 110 valence electrons. The molecule has 0 bridgehead atoms. The maximum absolute atomic E-state index is 12.3. The summed E-state index contributed by atoms with van der Waals surface area (Å²) in [5.74, 6) is -0.0992. The number of hydrogen-bond donors (Lipinski definition) is 2. The van der Waals surface area contributed by atoms with Gasteiger partial charge < -0.3 is 10.3 Å². The topological polar surface area (TPSA) is 74.8 Å². The van der Waals surface area contributed by atoms with Crippen LogP contribution < -0.4 is 10.9 Å². The van der Waals surface area contributed by atoms with Crippen molar-refractivity contribution >= 4 is 23.4 Å². The first-order chi connectivity index (χ1) is 10.1. The number of aromatic amines is 1. The molecule has 2 rings (SSSR count). The first-order valence-corrected chi connectivity index (χ1v) is 7.56. The number of benzene rings is 1. The zero-order valence-corrected chi connectivity index (χ0v) is 12.7. The summed E-state index contributed by atoms with van der Waals surface area (Å²) in [6, 6.07) is 8.97. The van der Waals surface area contributed by atoms with Crippen molar-refractivity contribution in [3.63, 3.8) is 0 Å². The van der Waals surface area contributed by atoms with E-state index in [0.717, 1.165) is 11.3 Å². The van der Waals surface area contributed by atoms with Crippen molar-refractivity contribution in [2.75, 3.05) is 5.32 Å². The van der Waals surface area contributed by atoms with E-state index in [1.54, 1.807) is 0 Å². The number of thioether (sulfide) groups is 1. The van der Waals surface area contributed by atoms with Gasteiger partial charge in [0.1, 0.15) is 0 Å². The van der Waals surface area contributed by atoms with Crippen LogP contribution in [-0.2, 0) is 4.79 Å². The first kappa shape index (κ1) is 15.3. The molecule has 1 aromatic heterocycles. The monoisotopic (exact) mass is 303 g/mol. The van der Waals surface area contributed by atoms with Crippen LogP contribution in [0.1, 0.15) is 18.9 Å². The van der Waals surface area contributed by atoms with Crippen LogP contribution in [0.2, 0.25) is 0 Å². The Morgan fingerprint density at radius 2 is 2.05 bits per heavy atom. The van der Waals surface area contributed by atoms with Gasteiger partial charge in [0.25, 0.3) is 5.56 Å². The Kier molecular flexibility index (Phi) is 5.16. The van der Waals surface area contributed by atoms with Crippen molar-refractivity contribution in [3.05, 3.63) is 52.4 Å². The Hall–Kier alpha value is -2.08. The summed E-state index contributed by atoms with van der Waals surface area (Å²) >= 11 is 1.25. The number of nitrogens with zero attached hydrogens (tertiary/aromatic N) is 1. The lowest BCUT2D eigenvalue weighted by Crippen LogP contribution is -2.25. The van der Waals surface area contributed by atoms with Gasteiger partial charge in [-0.05, 0) is 25.5 Å². The Morgan fingerprint density at radius 3 is 2.67 bits per heavy atom. The van der Waals surface area contributed by atoms with Gasteiger partial charge in [0, 0.05) is 18.0 Å². The Bertz CT molecular complexity index is 667. The van der Waals surface area contributed by atoms with E-state index >= 15 is 0 Å². The minimum Gasteiger partial charge on any atom is -0.325 e. The average Bonchev–Trinajstić information content (AvgIpc) is 2.47. The van der Waals surface area contributed by atoms with Gasteiger partial charge in [0.15, 0.2) is 5.16 Å². The molecule has 1 unspecified atom stereocenters. The van der Waals surface area contributed by atoms with Gasteiger partial charge in [-0.15, -0.1) is 0 Å². The number of carbonyl (C=O) groups is 1. The minimum absolute atomic E-state index is 0.0992. The smallest absolute Gasteiger partial charge is 0.251 e. The molecule has 0 aliphatic rings. The van der Waals surface area contributed by atoms with Crippen molar-refractivity contribution in [2.24, 2.45) is 0 Å². The van der Waals surface area contributed by atoms with Crippen LogP contribution in [-0.4, -0.2) is 21.1 Å². The zero-order valence-electron chi connectivity index (χ0n) is 11.9. The quantitative estimate of drug-likeness (QED) is 0.657. The number of aryl methyl sites for hydroxylation is 1. The highest BCUT2D eigenvalue weighted by molar-refractivity contribution is 8.00. The number of aromatic nitrogens is 2. The van der Waals surface area contributed by atoms with Gasteiger partial charge >= 0.3 is 0 Å². The Morgan fingerprint density at radius 1 is 1.33 bits per heavy atom. The van der Waals surface area contributed by atoms with E-state index in [1.807, 2.05) is 38.1 Å². The standard InChI is InChI=1S/C15H17N3O2S/c1-3-12(21-15-16-9-8-13(19)18-15)14(20)17-11-6-4-10(2)5-7-11/h4-9,12H,3H2,1-2H3,(H,17,20)(H,16,18,19). The number of H-pyrrole nitrogens is 1. The maximum atomic E-state index is 12.3. The third-order valence-corrected chi connectivity index (χ3v) is 4.15. The van der Waals surface area contributed by atoms with E-state index in [4.69, 9.17) is 0 Å². The molecular weight excluding hydrogens is 286 g/mol. The molecule has 1 amide bonds. The maximum Gasteiger partial charge on any atom is 0.251 e. The molecule has 0 spiro atoms. The van der Waals surface area contributed by atoms with Crippen molar-refractivity contribution in [1.29, 1.82) is 0 Å². The number of nitrogens with one attached hydrogen (secondary N) is 2. The van der Waals surface area contributed by atoms with E-state index in [2.05, 4.69) is 15.3 Å². The Balaban J connectivity index is 2.04. The second-order valence-electron chi connectivity index (χ2n) is 4.61. The highest BCUT2D eigenvalue weighted by Gasteiger charge is 2.19. The molecule has 0 fully saturated rings. The van der Waals surface area contributed by atoms with Crippen LogP contribution in [0.25, 0.3) is 0 Å². The summed E-state index contributed by atoms with van der Waals surface area (Å²) in [5, 5.41) is 3.02. The van der Waals surface area contributed by atoms with Crippen LogP contribution in [0.15, 0.2) is 46.5 Å². The number of amides is 1. The number of rotatable bonds is 5. The molecule has 5 nitrogen and oxygen atoms in total. The number of hydrogen-bond acceptors (Lipinski definition) is 4. The lowest BCUT2D eigenvalue weighted by molar-refractivity contribution is -0.115. The van der Waals surface area contributed by atoms with Crippen LogP contribution in [0.4, 0.5) is 5.69 Å². The number of anilines is 1. The molecule has 0 aliphatic carbocycles. The number of carbonyl (C=O) groups excluding carboxylic acids is 1. The van der Waals surface area contributed by atoms with E-state index in [1.165, 1.54) is 24.0 Å². The second-order valence-corrected chi connectivity index (χ2v) is 5.80. The molecular formula is C15H17N3O2S. The first-order valence-electron chi connectivity index (χ1n) is 6.68. The van der Waals surface area contributed by atoms with Crippen molar-refractivity contribution in [2.45, 2.75) is 30.7 Å². The molecule has 0 radical (unpaired) electrons. The van der Waals surface area contributed by atoms with Crippen LogP contribution in [0.5, 0.6) is 0 Å². The molecule has 21 heavy (non-hydrogen) atoms. The van der Waals surface area contributed by atoms with Gasteiger partial charge in [0.2, 0.25) is 5.91 Å². The second kappa shape index (κ2) is 7.08. The molecule has 0 saturated carbocycles.